The molecule has 0 unspecified atom stereocenters. The monoisotopic (exact) mass is 480 g/mol. The lowest BCUT2D eigenvalue weighted by Crippen LogP contribution is -2.12. The number of ether oxygens (including phenoxy) is 4. The van der Waals surface area contributed by atoms with Crippen molar-refractivity contribution in [1.82, 2.24) is 4.98 Å². The third kappa shape index (κ3) is 5.32. The van der Waals surface area contributed by atoms with E-state index in [4.69, 9.17) is 18.9 Å². The zero-order valence-corrected chi connectivity index (χ0v) is 19.8. The molecule has 176 valence electrons. The highest BCUT2D eigenvalue weighted by Crippen LogP contribution is 2.40. The minimum Gasteiger partial charge on any atom is -0.493 e. The van der Waals surface area contributed by atoms with Crippen LogP contribution in [0.5, 0.6) is 23.0 Å². The van der Waals surface area contributed by atoms with Crippen molar-refractivity contribution in [2.75, 3.05) is 26.6 Å². The van der Waals surface area contributed by atoms with Crippen LogP contribution >= 0.6 is 12.4 Å². The summed E-state index contributed by atoms with van der Waals surface area (Å²) >= 11 is 0. The number of nitrogens with zero attached hydrogens (tertiary/aromatic N) is 1. The fourth-order valence-electron chi connectivity index (χ4n) is 3.54. The maximum atomic E-state index is 12.9. The average molecular weight is 481 g/mol. The number of hydrogen-bond acceptors (Lipinski definition) is 6. The van der Waals surface area contributed by atoms with Crippen LogP contribution in [0.3, 0.4) is 0 Å². The molecule has 1 amide bonds. The number of carbonyl (C=O) groups excluding carboxylic acids is 1. The van der Waals surface area contributed by atoms with Gasteiger partial charge in [0.2, 0.25) is 5.75 Å². The lowest BCUT2D eigenvalue weighted by molar-refractivity contribution is 0.102. The predicted molar refractivity (Wildman–Crippen MR) is 134 cm³/mol. The molecule has 0 fully saturated rings. The van der Waals surface area contributed by atoms with Crippen LogP contribution in [0.1, 0.15) is 15.9 Å². The molecular weight excluding hydrogens is 456 g/mol. The molecule has 0 radical (unpaired) electrons. The molecule has 0 atom stereocenters. The second kappa shape index (κ2) is 11.2. The van der Waals surface area contributed by atoms with Crippen LogP contribution in [0.25, 0.3) is 10.8 Å². The number of pyridine rings is 1. The Balaban J connectivity index is 0.00000324. The highest BCUT2D eigenvalue weighted by molar-refractivity contribution is 6.04. The van der Waals surface area contributed by atoms with Gasteiger partial charge in [-0.15, -0.1) is 12.4 Å². The van der Waals surface area contributed by atoms with Gasteiger partial charge in [-0.05, 0) is 23.6 Å². The summed E-state index contributed by atoms with van der Waals surface area (Å²) in [6, 6.07) is 18.4. The number of halogens is 1. The molecule has 1 heterocycles. The van der Waals surface area contributed by atoms with Crippen molar-refractivity contribution in [3.05, 3.63) is 84.2 Å². The summed E-state index contributed by atoms with van der Waals surface area (Å²) in [5.41, 5.74) is 1.94. The van der Waals surface area contributed by atoms with Crippen molar-refractivity contribution < 1.29 is 23.7 Å². The van der Waals surface area contributed by atoms with Gasteiger partial charge in [0.05, 0.1) is 21.3 Å². The number of nitrogens with one attached hydrogen (secondary N) is 1. The number of fused-ring (bicyclic) bond motifs is 1. The average Bonchev–Trinajstić information content (AvgIpc) is 2.86. The van der Waals surface area contributed by atoms with Gasteiger partial charge in [0.25, 0.3) is 5.91 Å². The quantitative estimate of drug-likeness (QED) is 0.358. The van der Waals surface area contributed by atoms with Crippen molar-refractivity contribution in [3.63, 3.8) is 0 Å². The number of aromatic nitrogens is 1. The van der Waals surface area contributed by atoms with Crippen LogP contribution in [-0.2, 0) is 6.61 Å². The van der Waals surface area contributed by atoms with Crippen LogP contribution in [0.15, 0.2) is 73.1 Å². The van der Waals surface area contributed by atoms with E-state index in [9.17, 15) is 4.79 Å². The van der Waals surface area contributed by atoms with E-state index in [1.807, 2.05) is 36.5 Å². The first-order valence-electron chi connectivity index (χ1n) is 10.3. The van der Waals surface area contributed by atoms with Crippen LogP contribution < -0.4 is 24.3 Å². The normalized spacial score (nSPS) is 10.2. The molecule has 0 spiro atoms. The molecule has 3 aromatic carbocycles. The van der Waals surface area contributed by atoms with E-state index in [1.54, 1.807) is 36.5 Å². The Hall–Kier alpha value is -3.97. The zero-order valence-electron chi connectivity index (χ0n) is 19.0. The molecule has 0 saturated heterocycles. The number of methoxy groups -OCH3 is 3. The molecule has 0 aliphatic heterocycles. The first-order valence-corrected chi connectivity index (χ1v) is 10.3. The van der Waals surface area contributed by atoms with Crippen LogP contribution in [0.2, 0.25) is 0 Å². The molecule has 4 rings (SSSR count). The molecule has 4 aromatic rings. The number of rotatable bonds is 8. The molecule has 8 heteroatoms. The van der Waals surface area contributed by atoms with Gasteiger partial charge in [0, 0.05) is 46.7 Å². The highest BCUT2D eigenvalue weighted by atomic mass is 35.5. The van der Waals surface area contributed by atoms with Gasteiger partial charge in [-0.1, -0.05) is 30.3 Å². The number of amides is 1. The summed E-state index contributed by atoms with van der Waals surface area (Å²) in [6.45, 7) is 0.340. The first kappa shape index (κ1) is 24.7. The van der Waals surface area contributed by atoms with E-state index >= 15 is 0 Å². The molecule has 1 aromatic heterocycles. The van der Waals surface area contributed by atoms with Gasteiger partial charge in [-0.25, -0.2) is 0 Å². The standard InChI is InChI=1S/C26H24N2O5.ClH/c1-30-23-12-20(13-24(31-2)25(23)32-3)28-26(29)17-8-6-9-21(11-17)33-16-19-15-27-14-18-7-4-5-10-22(18)19;/h4-15H,16H2,1-3H3,(H,28,29);1H. The fourth-order valence-corrected chi connectivity index (χ4v) is 3.54. The topological polar surface area (TPSA) is 78.9 Å². The second-order valence-corrected chi connectivity index (χ2v) is 7.20. The largest absolute Gasteiger partial charge is 0.493 e. The Morgan fingerprint density at radius 2 is 1.62 bits per heavy atom. The van der Waals surface area contributed by atoms with Crippen LogP contribution in [-0.4, -0.2) is 32.2 Å². The van der Waals surface area contributed by atoms with Crippen molar-refractivity contribution in [3.8, 4) is 23.0 Å². The number of carbonyl (C=O) groups is 1. The molecule has 1 N–H and O–H groups in total. The smallest absolute Gasteiger partial charge is 0.255 e. The van der Waals surface area contributed by atoms with Gasteiger partial charge in [0.1, 0.15) is 12.4 Å². The number of benzene rings is 3. The SMILES string of the molecule is COc1cc(NC(=O)c2cccc(OCc3cncc4ccccc34)c2)cc(OC)c1OC.Cl. The predicted octanol–water partition coefficient (Wildman–Crippen LogP) is 5.51. The van der Waals surface area contributed by atoms with Crippen molar-refractivity contribution in [2.24, 2.45) is 0 Å². The summed E-state index contributed by atoms with van der Waals surface area (Å²) in [5.74, 6) is 1.65. The number of hydrogen-bond donors (Lipinski definition) is 1. The summed E-state index contributed by atoms with van der Waals surface area (Å²) in [4.78, 5) is 17.2. The Morgan fingerprint density at radius 3 is 2.32 bits per heavy atom. The van der Waals surface area contributed by atoms with Crippen LogP contribution in [0, 0.1) is 0 Å². The van der Waals surface area contributed by atoms with Gasteiger partial charge in [-0.3, -0.25) is 9.78 Å². The minimum absolute atomic E-state index is 0. The van der Waals surface area contributed by atoms with Gasteiger partial charge in [-0.2, -0.15) is 0 Å². The summed E-state index contributed by atoms with van der Waals surface area (Å²) < 4.78 is 22.0. The molecule has 34 heavy (non-hydrogen) atoms. The van der Waals surface area contributed by atoms with Gasteiger partial charge in [0.15, 0.2) is 11.5 Å². The molecule has 0 aliphatic rings. The Bertz CT molecular complexity index is 1260. The molecule has 0 bridgehead atoms. The zero-order chi connectivity index (χ0) is 23.2. The molecular formula is C26H25ClN2O5. The molecule has 0 aliphatic carbocycles. The second-order valence-electron chi connectivity index (χ2n) is 7.20. The number of anilines is 1. The first-order chi connectivity index (χ1) is 16.1. The third-order valence-corrected chi connectivity index (χ3v) is 5.16. The lowest BCUT2D eigenvalue weighted by atomic mass is 10.1. The summed E-state index contributed by atoms with van der Waals surface area (Å²) in [5, 5.41) is 5.00. The van der Waals surface area contributed by atoms with E-state index in [0.29, 0.717) is 40.9 Å². The van der Waals surface area contributed by atoms with E-state index in [0.717, 1.165) is 16.3 Å². The van der Waals surface area contributed by atoms with Gasteiger partial charge < -0.3 is 24.3 Å². The van der Waals surface area contributed by atoms with Crippen molar-refractivity contribution in [2.45, 2.75) is 6.61 Å². The van der Waals surface area contributed by atoms with E-state index in [1.165, 1.54) is 21.3 Å². The third-order valence-electron chi connectivity index (χ3n) is 5.16. The minimum atomic E-state index is -0.290. The van der Waals surface area contributed by atoms with Gasteiger partial charge >= 0.3 is 0 Å². The summed E-state index contributed by atoms with van der Waals surface area (Å²) in [6.07, 6.45) is 3.62. The van der Waals surface area contributed by atoms with Crippen LogP contribution in [0.4, 0.5) is 5.69 Å². The Morgan fingerprint density at radius 1 is 0.882 bits per heavy atom. The Labute approximate surface area is 204 Å². The fraction of sp³-hybridized carbons (Fsp3) is 0.154. The van der Waals surface area contributed by atoms with Crippen molar-refractivity contribution >= 4 is 34.8 Å². The summed E-state index contributed by atoms with van der Waals surface area (Å²) in [7, 11) is 4.57. The molecule has 7 nitrogen and oxygen atoms in total. The lowest BCUT2D eigenvalue weighted by Gasteiger charge is -2.15. The maximum absolute atomic E-state index is 12.9. The van der Waals surface area contributed by atoms with E-state index in [2.05, 4.69) is 10.3 Å². The maximum Gasteiger partial charge on any atom is 0.255 e. The van der Waals surface area contributed by atoms with Crippen molar-refractivity contribution in [1.29, 1.82) is 0 Å². The molecule has 0 saturated carbocycles. The Kier molecular flexibility index (Phi) is 8.16. The van der Waals surface area contributed by atoms with E-state index < -0.39 is 0 Å². The highest BCUT2D eigenvalue weighted by Gasteiger charge is 2.15. The van der Waals surface area contributed by atoms with E-state index in [-0.39, 0.29) is 18.3 Å².